The summed E-state index contributed by atoms with van der Waals surface area (Å²) in [5.74, 6) is -1.08. The third-order valence-electron chi connectivity index (χ3n) is 4.87. The predicted molar refractivity (Wildman–Crippen MR) is 94.7 cm³/mol. The van der Waals surface area contributed by atoms with Crippen molar-refractivity contribution in [3.63, 3.8) is 0 Å². The Morgan fingerprint density at radius 3 is 2.81 bits per heavy atom. The van der Waals surface area contributed by atoms with Crippen LogP contribution in [-0.2, 0) is 11.2 Å². The number of rotatable bonds is 5. The molecular formula is C20H19F2N3O2. The Balaban J connectivity index is 1.42. The summed E-state index contributed by atoms with van der Waals surface area (Å²) in [6, 6.07) is 7.60. The Morgan fingerprint density at radius 2 is 2.07 bits per heavy atom. The first-order chi connectivity index (χ1) is 13.1. The topological polar surface area (TPSA) is 62.1 Å². The van der Waals surface area contributed by atoms with Crippen molar-refractivity contribution < 1.29 is 18.0 Å². The fraction of sp³-hybridized carbons (Fsp3) is 0.300. The number of likely N-dealkylation sites (tertiary alicyclic amines) is 1. The van der Waals surface area contributed by atoms with E-state index in [1.807, 2.05) is 23.2 Å². The average Bonchev–Trinajstić information content (AvgIpc) is 3.39. The molecule has 0 spiro atoms. The van der Waals surface area contributed by atoms with Gasteiger partial charge in [-0.1, -0.05) is 6.07 Å². The van der Waals surface area contributed by atoms with Crippen LogP contribution in [0.3, 0.4) is 0 Å². The van der Waals surface area contributed by atoms with Gasteiger partial charge in [-0.15, -0.1) is 0 Å². The van der Waals surface area contributed by atoms with Crippen molar-refractivity contribution in [1.29, 1.82) is 0 Å². The van der Waals surface area contributed by atoms with Gasteiger partial charge in [-0.05, 0) is 37.1 Å². The van der Waals surface area contributed by atoms with Crippen LogP contribution in [0.1, 0.15) is 36.9 Å². The monoisotopic (exact) mass is 371 g/mol. The van der Waals surface area contributed by atoms with Crippen LogP contribution in [0.15, 0.2) is 47.1 Å². The molecule has 1 aliphatic heterocycles. The smallest absolute Gasteiger partial charge is 0.223 e. The van der Waals surface area contributed by atoms with Crippen LogP contribution in [0.2, 0.25) is 0 Å². The van der Waals surface area contributed by atoms with E-state index in [-0.39, 0.29) is 42.0 Å². The summed E-state index contributed by atoms with van der Waals surface area (Å²) in [5, 5.41) is 0. The molecule has 0 unspecified atom stereocenters. The van der Waals surface area contributed by atoms with E-state index >= 15 is 0 Å². The molecular weight excluding hydrogens is 352 g/mol. The van der Waals surface area contributed by atoms with Crippen LogP contribution in [0.4, 0.5) is 8.78 Å². The van der Waals surface area contributed by atoms with Gasteiger partial charge >= 0.3 is 0 Å². The summed E-state index contributed by atoms with van der Waals surface area (Å²) in [6.07, 6.45) is 5.55. The number of aromatic nitrogens is 2. The van der Waals surface area contributed by atoms with Gasteiger partial charge in [0.15, 0.2) is 11.7 Å². The number of halogens is 2. The number of carbonyl (C=O) groups excluding carboxylic acids is 1. The molecule has 1 saturated heterocycles. The van der Waals surface area contributed by atoms with Crippen molar-refractivity contribution in [3.05, 3.63) is 65.9 Å². The highest BCUT2D eigenvalue weighted by atomic mass is 19.1. The molecule has 0 aliphatic carbocycles. The number of H-pyrrole nitrogens is 1. The summed E-state index contributed by atoms with van der Waals surface area (Å²) < 4.78 is 33.2. The number of oxazole rings is 1. The van der Waals surface area contributed by atoms with Gasteiger partial charge in [-0.2, -0.15) is 0 Å². The predicted octanol–water partition coefficient (Wildman–Crippen LogP) is 4.24. The molecule has 27 heavy (non-hydrogen) atoms. The molecule has 1 aromatic carbocycles. The molecule has 5 nitrogen and oxygen atoms in total. The molecule has 4 rings (SSSR count). The average molecular weight is 371 g/mol. The highest BCUT2D eigenvalue weighted by Crippen LogP contribution is 2.32. The standard InChI is InChI=1S/C20H19F2N3O2/c21-13-4-1-5-14(22)20(13)17-12-24-18(27-17)8-9-19(26)25-11-3-7-16(25)15-6-2-10-23-15/h1-2,4-6,10,12,16,23H,3,7-9,11H2/t16-/m0/s1. The van der Waals surface area contributed by atoms with E-state index in [2.05, 4.69) is 9.97 Å². The molecule has 0 saturated carbocycles. The van der Waals surface area contributed by atoms with Gasteiger partial charge < -0.3 is 14.3 Å². The summed E-state index contributed by atoms with van der Waals surface area (Å²) in [4.78, 5) is 21.7. The van der Waals surface area contributed by atoms with Crippen LogP contribution in [0.5, 0.6) is 0 Å². The highest BCUT2D eigenvalue weighted by Gasteiger charge is 2.30. The Morgan fingerprint density at radius 1 is 1.26 bits per heavy atom. The first kappa shape index (κ1) is 17.5. The first-order valence-electron chi connectivity index (χ1n) is 8.95. The third-order valence-corrected chi connectivity index (χ3v) is 4.87. The lowest BCUT2D eigenvalue weighted by Gasteiger charge is -2.23. The maximum Gasteiger partial charge on any atom is 0.223 e. The summed E-state index contributed by atoms with van der Waals surface area (Å²) in [7, 11) is 0. The number of benzene rings is 1. The zero-order valence-electron chi connectivity index (χ0n) is 14.6. The fourth-order valence-electron chi connectivity index (χ4n) is 3.57. The molecule has 2 aromatic heterocycles. The molecule has 0 radical (unpaired) electrons. The van der Waals surface area contributed by atoms with Gasteiger partial charge in [0.05, 0.1) is 17.8 Å². The van der Waals surface area contributed by atoms with Gasteiger partial charge in [-0.25, -0.2) is 13.8 Å². The zero-order valence-corrected chi connectivity index (χ0v) is 14.6. The van der Waals surface area contributed by atoms with Crippen molar-refractivity contribution >= 4 is 5.91 Å². The molecule has 1 fully saturated rings. The molecule has 0 bridgehead atoms. The molecule has 1 N–H and O–H groups in total. The number of nitrogens with one attached hydrogen (secondary N) is 1. The highest BCUT2D eigenvalue weighted by molar-refractivity contribution is 5.77. The number of hydrogen-bond donors (Lipinski definition) is 1. The van der Waals surface area contributed by atoms with Gasteiger partial charge in [-0.3, -0.25) is 4.79 Å². The maximum atomic E-state index is 13.8. The van der Waals surface area contributed by atoms with Crippen LogP contribution in [-0.4, -0.2) is 27.3 Å². The van der Waals surface area contributed by atoms with E-state index in [1.165, 1.54) is 12.3 Å². The van der Waals surface area contributed by atoms with E-state index in [0.717, 1.165) is 37.2 Å². The van der Waals surface area contributed by atoms with E-state index in [9.17, 15) is 13.6 Å². The second kappa shape index (κ2) is 7.34. The van der Waals surface area contributed by atoms with Crippen molar-refractivity contribution in [2.24, 2.45) is 0 Å². The number of nitrogens with zero attached hydrogens (tertiary/aromatic N) is 2. The Labute approximate surface area is 155 Å². The minimum atomic E-state index is -0.709. The molecule has 3 aromatic rings. The fourth-order valence-corrected chi connectivity index (χ4v) is 3.57. The van der Waals surface area contributed by atoms with Gasteiger partial charge in [0.25, 0.3) is 0 Å². The maximum absolute atomic E-state index is 13.8. The summed E-state index contributed by atoms with van der Waals surface area (Å²) in [5.41, 5.74) is 0.795. The minimum absolute atomic E-state index is 0.0175. The number of aryl methyl sites for hydroxylation is 1. The minimum Gasteiger partial charge on any atom is -0.441 e. The Bertz CT molecular complexity index is 916. The van der Waals surface area contributed by atoms with Gasteiger partial charge in [0.1, 0.15) is 11.6 Å². The summed E-state index contributed by atoms with van der Waals surface area (Å²) in [6.45, 7) is 0.722. The quantitative estimate of drug-likeness (QED) is 0.730. The van der Waals surface area contributed by atoms with Crippen LogP contribution < -0.4 is 0 Å². The first-order valence-corrected chi connectivity index (χ1v) is 8.95. The van der Waals surface area contributed by atoms with Crippen molar-refractivity contribution in [2.75, 3.05) is 6.54 Å². The summed E-state index contributed by atoms with van der Waals surface area (Å²) >= 11 is 0. The lowest BCUT2D eigenvalue weighted by Crippen LogP contribution is -2.30. The number of carbonyl (C=O) groups is 1. The molecule has 1 amide bonds. The zero-order chi connectivity index (χ0) is 18.8. The third kappa shape index (κ3) is 3.49. The molecule has 140 valence electrons. The van der Waals surface area contributed by atoms with Gasteiger partial charge in [0.2, 0.25) is 5.91 Å². The lowest BCUT2D eigenvalue weighted by molar-refractivity contribution is -0.132. The van der Waals surface area contributed by atoms with Gasteiger partial charge in [0, 0.05) is 31.3 Å². The van der Waals surface area contributed by atoms with E-state index in [1.54, 1.807) is 0 Å². The van der Waals surface area contributed by atoms with Crippen molar-refractivity contribution in [1.82, 2.24) is 14.9 Å². The van der Waals surface area contributed by atoms with Crippen molar-refractivity contribution in [2.45, 2.75) is 31.7 Å². The lowest BCUT2D eigenvalue weighted by atomic mass is 10.1. The largest absolute Gasteiger partial charge is 0.441 e. The second-order valence-corrected chi connectivity index (χ2v) is 6.59. The van der Waals surface area contributed by atoms with E-state index < -0.39 is 11.6 Å². The molecule has 1 aliphatic rings. The number of amides is 1. The molecule has 7 heteroatoms. The van der Waals surface area contributed by atoms with E-state index in [0.29, 0.717) is 0 Å². The Kier molecular flexibility index (Phi) is 4.75. The molecule has 3 heterocycles. The molecule has 1 atom stereocenters. The normalized spacial score (nSPS) is 16.8. The number of aromatic amines is 1. The van der Waals surface area contributed by atoms with E-state index in [4.69, 9.17) is 4.42 Å². The van der Waals surface area contributed by atoms with Crippen LogP contribution in [0.25, 0.3) is 11.3 Å². The van der Waals surface area contributed by atoms with Crippen molar-refractivity contribution in [3.8, 4) is 11.3 Å². The van der Waals surface area contributed by atoms with Crippen LogP contribution in [0, 0.1) is 11.6 Å². The SMILES string of the molecule is O=C(CCc1ncc(-c2c(F)cccc2F)o1)N1CCC[C@H]1c1ccc[nH]1. The number of hydrogen-bond acceptors (Lipinski definition) is 3. The Hall–Kier alpha value is -2.96. The van der Waals surface area contributed by atoms with Crippen LogP contribution >= 0.6 is 0 Å². The second-order valence-electron chi connectivity index (χ2n) is 6.59.